The Morgan fingerprint density at radius 2 is 2.19 bits per heavy atom. The fraction of sp³-hybridized carbons (Fsp3) is 0.417. The molecule has 86 valence electrons. The quantitative estimate of drug-likeness (QED) is 0.755. The Hall–Kier alpha value is -1.22. The monoisotopic (exact) mass is 239 g/mol. The Balaban J connectivity index is 2.62. The van der Waals surface area contributed by atoms with Gasteiger partial charge in [-0.1, -0.05) is 11.6 Å². The summed E-state index contributed by atoms with van der Waals surface area (Å²) in [5.74, 6) is 0.660. The largest absolute Gasteiger partial charge is 0.495 e. The zero-order chi connectivity index (χ0) is 11.7. The van der Waals surface area contributed by atoms with Gasteiger partial charge in [0.1, 0.15) is 5.75 Å². The molecule has 0 N–H and O–H groups in total. The molecule has 0 saturated heterocycles. The minimum absolute atomic E-state index is 0.100. The van der Waals surface area contributed by atoms with Crippen molar-refractivity contribution in [1.29, 1.82) is 0 Å². The lowest BCUT2D eigenvalue weighted by Gasteiger charge is -2.20. The number of halogens is 1. The molecule has 0 saturated carbocycles. The summed E-state index contributed by atoms with van der Waals surface area (Å²) >= 11 is 6.19. The molecule has 4 heteroatoms. The molecule has 16 heavy (non-hydrogen) atoms. The molecule has 2 rings (SSSR count). The number of carbonyl (C=O) groups excluding carboxylic acids is 1. The predicted octanol–water partition coefficient (Wildman–Crippen LogP) is 2.76. The lowest BCUT2D eigenvalue weighted by Crippen LogP contribution is -2.17. The second kappa shape index (κ2) is 4.34. The standard InChI is InChI=1S/C12H14ClNO2/c1-14-7-3-4-9(15)11-8(14)5-6-10(16-2)12(11)13/h5-6H,3-4,7H2,1-2H3. The third kappa shape index (κ3) is 1.76. The first-order valence-electron chi connectivity index (χ1n) is 5.26. The summed E-state index contributed by atoms with van der Waals surface area (Å²) in [5, 5.41) is 0.429. The van der Waals surface area contributed by atoms with E-state index in [0.717, 1.165) is 18.7 Å². The predicted molar refractivity (Wildman–Crippen MR) is 64.8 cm³/mol. The van der Waals surface area contributed by atoms with Gasteiger partial charge in [0.05, 0.1) is 17.7 Å². The van der Waals surface area contributed by atoms with Crippen LogP contribution in [0.1, 0.15) is 23.2 Å². The van der Waals surface area contributed by atoms with E-state index in [1.165, 1.54) is 0 Å². The van der Waals surface area contributed by atoms with E-state index in [4.69, 9.17) is 16.3 Å². The molecule has 0 radical (unpaired) electrons. The van der Waals surface area contributed by atoms with Crippen molar-refractivity contribution in [3.05, 3.63) is 22.7 Å². The first-order chi connectivity index (χ1) is 7.65. The van der Waals surface area contributed by atoms with Crippen LogP contribution in [-0.4, -0.2) is 26.5 Å². The molecular formula is C12H14ClNO2. The maximum Gasteiger partial charge on any atom is 0.166 e. The fourth-order valence-corrected chi connectivity index (χ4v) is 2.35. The van der Waals surface area contributed by atoms with Gasteiger partial charge in [0.2, 0.25) is 0 Å². The molecule has 0 aliphatic carbocycles. The number of ketones is 1. The highest BCUT2D eigenvalue weighted by Gasteiger charge is 2.23. The van der Waals surface area contributed by atoms with Crippen LogP contribution in [0.4, 0.5) is 5.69 Å². The molecule has 0 unspecified atom stereocenters. The highest BCUT2D eigenvalue weighted by molar-refractivity contribution is 6.36. The minimum atomic E-state index is 0.100. The van der Waals surface area contributed by atoms with Crippen LogP contribution in [0.15, 0.2) is 12.1 Å². The highest BCUT2D eigenvalue weighted by atomic mass is 35.5. The van der Waals surface area contributed by atoms with E-state index in [9.17, 15) is 4.79 Å². The maximum atomic E-state index is 12.0. The average molecular weight is 240 g/mol. The average Bonchev–Trinajstić information content (AvgIpc) is 2.40. The van der Waals surface area contributed by atoms with Gasteiger partial charge in [0.25, 0.3) is 0 Å². The highest BCUT2D eigenvalue weighted by Crippen LogP contribution is 2.37. The molecule has 1 aromatic carbocycles. The van der Waals surface area contributed by atoms with Crippen molar-refractivity contribution in [2.24, 2.45) is 0 Å². The molecular weight excluding hydrogens is 226 g/mol. The van der Waals surface area contributed by atoms with Crippen LogP contribution in [0.2, 0.25) is 5.02 Å². The third-order valence-electron chi connectivity index (χ3n) is 2.89. The van der Waals surface area contributed by atoms with Crippen molar-refractivity contribution in [1.82, 2.24) is 0 Å². The van der Waals surface area contributed by atoms with E-state index in [2.05, 4.69) is 4.90 Å². The molecule has 0 atom stereocenters. The maximum absolute atomic E-state index is 12.0. The molecule has 1 aliphatic rings. The lowest BCUT2D eigenvalue weighted by atomic mass is 10.1. The van der Waals surface area contributed by atoms with Crippen LogP contribution >= 0.6 is 11.6 Å². The number of hydrogen-bond donors (Lipinski definition) is 0. The summed E-state index contributed by atoms with van der Waals surface area (Å²) in [6, 6.07) is 3.69. The molecule has 1 heterocycles. The molecule has 0 aromatic heterocycles. The zero-order valence-corrected chi connectivity index (χ0v) is 10.2. The number of anilines is 1. The Morgan fingerprint density at radius 3 is 2.88 bits per heavy atom. The number of nitrogens with zero attached hydrogens (tertiary/aromatic N) is 1. The number of hydrogen-bond acceptors (Lipinski definition) is 3. The topological polar surface area (TPSA) is 29.5 Å². The van der Waals surface area contributed by atoms with Gasteiger partial charge in [-0.25, -0.2) is 0 Å². The third-order valence-corrected chi connectivity index (χ3v) is 3.27. The summed E-state index contributed by atoms with van der Waals surface area (Å²) in [6.45, 7) is 0.876. The Morgan fingerprint density at radius 1 is 1.44 bits per heavy atom. The lowest BCUT2D eigenvalue weighted by molar-refractivity contribution is 0.0983. The summed E-state index contributed by atoms with van der Waals surface area (Å²) in [7, 11) is 3.53. The molecule has 1 aliphatic heterocycles. The molecule has 3 nitrogen and oxygen atoms in total. The molecule has 0 spiro atoms. The van der Waals surface area contributed by atoms with Crippen LogP contribution in [0.5, 0.6) is 5.75 Å². The fourth-order valence-electron chi connectivity index (χ4n) is 2.01. The summed E-state index contributed by atoms with van der Waals surface area (Å²) < 4.78 is 5.13. The van der Waals surface area contributed by atoms with Gasteiger partial charge >= 0.3 is 0 Å². The Kier molecular flexibility index (Phi) is 3.06. The van der Waals surface area contributed by atoms with Gasteiger partial charge < -0.3 is 9.64 Å². The first kappa shape index (κ1) is 11.3. The van der Waals surface area contributed by atoms with Gasteiger partial charge in [0.15, 0.2) is 5.78 Å². The van der Waals surface area contributed by atoms with Crippen LogP contribution < -0.4 is 9.64 Å². The van der Waals surface area contributed by atoms with Crippen molar-refractivity contribution < 1.29 is 9.53 Å². The molecule has 1 aromatic rings. The minimum Gasteiger partial charge on any atom is -0.495 e. The Bertz CT molecular complexity index is 431. The first-order valence-corrected chi connectivity index (χ1v) is 5.63. The SMILES string of the molecule is COc1ccc2c(c1Cl)C(=O)CCCN2C. The van der Waals surface area contributed by atoms with Crippen molar-refractivity contribution in [3.63, 3.8) is 0 Å². The van der Waals surface area contributed by atoms with Crippen LogP contribution in [-0.2, 0) is 0 Å². The zero-order valence-electron chi connectivity index (χ0n) is 9.42. The van der Waals surface area contributed by atoms with Gasteiger partial charge in [-0.2, -0.15) is 0 Å². The number of fused-ring (bicyclic) bond motifs is 1. The molecule has 0 fully saturated rings. The normalized spacial score (nSPS) is 15.7. The summed E-state index contributed by atoms with van der Waals surface area (Å²) in [4.78, 5) is 14.0. The Labute approximate surface area is 100.0 Å². The molecule has 0 amide bonds. The molecule has 0 bridgehead atoms. The second-order valence-electron chi connectivity index (χ2n) is 3.92. The van der Waals surface area contributed by atoms with E-state index >= 15 is 0 Å². The van der Waals surface area contributed by atoms with Gasteiger partial charge in [-0.3, -0.25) is 4.79 Å². The van der Waals surface area contributed by atoms with Crippen LogP contribution in [0, 0.1) is 0 Å². The van der Waals surface area contributed by atoms with Crippen molar-refractivity contribution >= 4 is 23.1 Å². The summed E-state index contributed by atoms with van der Waals surface area (Å²) in [5.41, 5.74) is 1.49. The van der Waals surface area contributed by atoms with E-state index in [-0.39, 0.29) is 5.78 Å². The number of ether oxygens (including phenoxy) is 1. The van der Waals surface area contributed by atoms with E-state index in [0.29, 0.717) is 22.8 Å². The van der Waals surface area contributed by atoms with Gasteiger partial charge in [-0.15, -0.1) is 0 Å². The number of carbonyl (C=O) groups is 1. The van der Waals surface area contributed by atoms with Crippen molar-refractivity contribution in [2.75, 3.05) is 25.6 Å². The smallest absolute Gasteiger partial charge is 0.166 e. The number of benzene rings is 1. The van der Waals surface area contributed by atoms with Gasteiger partial charge in [-0.05, 0) is 18.6 Å². The summed E-state index contributed by atoms with van der Waals surface area (Å²) in [6.07, 6.45) is 1.41. The van der Waals surface area contributed by atoms with Crippen LogP contribution in [0.3, 0.4) is 0 Å². The van der Waals surface area contributed by atoms with E-state index < -0.39 is 0 Å². The van der Waals surface area contributed by atoms with Crippen molar-refractivity contribution in [2.45, 2.75) is 12.8 Å². The number of methoxy groups -OCH3 is 1. The van der Waals surface area contributed by atoms with Gasteiger partial charge in [0, 0.05) is 25.7 Å². The van der Waals surface area contributed by atoms with E-state index in [1.807, 2.05) is 13.1 Å². The number of Topliss-reactive ketones (excluding diaryl/α,β-unsaturated/α-hetero) is 1. The second-order valence-corrected chi connectivity index (χ2v) is 4.30. The van der Waals surface area contributed by atoms with E-state index in [1.54, 1.807) is 13.2 Å². The number of rotatable bonds is 1. The van der Waals surface area contributed by atoms with Crippen LogP contribution in [0.25, 0.3) is 0 Å². The van der Waals surface area contributed by atoms with Crippen molar-refractivity contribution in [3.8, 4) is 5.75 Å².